The molecule has 0 aliphatic rings. The predicted molar refractivity (Wildman–Crippen MR) is 80.9 cm³/mol. The molecular formula is C12H6Cl2N2O5S. The summed E-state index contributed by atoms with van der Waals surface area (Å²) in [5, 5.41) is 22.2. The predicted octanol–water partition coefficient (Wildman–Crippen LogP) is 3.98. The zero-order chi connectivity index (χ0) is 16.4. The molecule has 0 amide bonds. The van der Waals surface area contributed by atoms with E-state index in [1.807, 2.05) is 0 Å². The van der Waals surface area contributed by atoms with E-state index in [9.17, 15) is 24.4 Å². The molecule has 7 nitrogen and oxygen atoms in total. The molecule has 0 aliphatic carbocycles. The third-order valence-corrected chi connectivity index (χ3v) is 4.80. The first-order chi connectivity index (χ1) is 10.3. The molecule has 0 saturated heterocycles. The number of halogens is 2. The molecule has 22 heavy (non-hydrogen) atoms. The Morgan fingerprint density at radius 2 is 1.59 bits per heavy atom. The minimum atomic E-state index is -2.00. The lowest BCUT2D eigenvalue weighted by Crippen LogP contribution is -2.01. The summed E-state index contributed by atoms with van der Waals surface area (Å²) in [6.07, 6.45) is 0. The van der Waals surface area contributed by atoms with Crippen molar-refractivity contribution in [2.75, 3.05) is 0 Å². The summed E-state index contributed by atoms with van der Waals surface area (Å²) >= 11 is 11.7. The van der Waals surface area contributed by atoms with Crippen molar-refractivity contribution in [1.82, 2.24) is 0 Å². The Morgan fingerprint density at radius 1 is 0.909 bits per heavy atom. The number of nitro groups is 2. The van der Waals surface area contributed by atoms with Crippen molar-refractivity contribution >= 4 is 45.4 Å². The molecule has 2 aromatic carbocycles. The average molecular weight is 361 g/mol. The maximum absolute atomic E-state index is 12.5. The van der Waals surface area contributed by atoms with Gasteiger partial charge in [-0.15, -0.1) is 0 Å². The minimum Gasteiger partial charge on any atom is -0.258 e. The van der Waals surface area contributed by atoms with Gasteiger partial charge in [-0.2, -0.15) is 0 Å². The van der Waals surface area contributed by atoms with E-state index >= 15 is 0 Å². The highest BCUT2D eigenvalue weighted by Crippen LogP contribution is 2.33. The monoisotopic (exact) mass is 360 g/mol. The summed E-state index contributed by atoms with van der Waals surface area (Å²) in [5.41, 5.74) is -1.09. The second kappa shape index (κ2) is 6.39. The van der Waals surface area contributed by atoms with Crippen LogP contribution in [-0.2, 0) is 10.8 Å². The summed E-state index contributed by atoms with van der Waals surface area (Å²) in [6, 6.07) is 7.09. The van der Waals surface area contributed by atoms with Gasteiger partial charge in [0.05, 0.1) is 36.6 Å². The normalized spacial score (nSPS) is 11.9. The van der Waals surface area contributed by atoms with E-state index in [2.05, 4.69) is 0 Å². The first-order valence-electron chi connectivity index (χ1n) is 5.61. The second-order valence-corrected chi connectivity index (χ2v) is 6.27. The van der Waals surface area contributed by atoms with Gasteiger partial charge >= 0.3 is 0 Å². The van der Waals surface area contributed by atoms with Crippen molar-refractivity contribution in [3.8, 4) is 0 Å². The van der Waals surface area contributed by atoms with E-state index < -0.39 is 32.0 Å². The Balaban J connectivity index is 2.61. The summed E-state index contributed by atoms with van der Waals surface area (Å²) in [5.74, 6) is 0. The number of nitro benzene ring substituents is 2. The maximum atomic E-state index is 12.5. The van der Waals surface area contributed by atoms with Crippen LogP contribution in [0, 0.1) is 20.2 Å². The van der Waals surface area contributed by atoms with Crippen LogP contribution >= 0.6 is 23.2 Å². The number of non-ortho nitro benzene ring substituents is 1. The minimum absolute atomic E-state index is 0.0890. The topological polar surface area (TPSA) is 103 Å². The molecule has 0 saturated carbocycles. The molecule has 114 valence electrons. The Labute approximate surface area is 136 Å². The van der Waals surface area contributed by atoms with Gasteiger partial charge in [0.2, 0.25) is 0 Å². The summed E-state index contributed by atoms with van der Waals surface area (Å²) in [6.45, 7) is 0. The van der Waals surface area contributed by atoms with Gasteiger partial charge in [0.15, 0.2) is 0 Å². The lowest BCUT2D eigenvalue weighted by molar-refractivity contribution is -0.396. The fourth-order valence-corrected chi connectivity index (χ4v) is 3.45. The van der Waals surface area contributed by atoms with Gasteiger partial charge in [-0.25, -0.2) is 4.21 Å². The van der Waals surface area contributed by atoms with Crippen molar-refractivity contribution < 1.29 is 14.1 Å². The van der Waals surface area contributed by atoms with Crippen LogP contribution in [0.2, 0.25) is 10.0 Å². The second-order valence-electron chi connectivity index (χ2n) is 4.01. The van der Waals surface area contributed by atoms with Crippen LogP contribution in [0.15, 0.2) is 46.2 Å². The zero-order valence-corrected chi connectivity index (χ0v) is 12.9. The molecule has 2 aromatic rings. The van der Waals surface area contributed by atoms with Gasteiger partial charge in [0.25, 0.3) is 11.4 Å². The lowest BCUT2D eigenvalue weighted by atomic mass is 10.3. The fourth-order valence-electron chi connectivity index (χ4n) is 1.66. The van der Waals surface area contributed by atoms with E-state index in [1.165, 1.54) is 18.2 Å². The van der Waals surface area contributed by atoms with Crippen LogP contribution in [-0.4, -0.2) is 14.1 Å². The van der Waals surface area contributed by atoms with Crippen molar-refractivity contribution in [3.63, 3.8) is 0 Å². The summed E-state index contributed by atoms with van der Waals surface area (Å²) in [7, 11) is -2.00. The van der Waals surface area contributed by atoms with Crippen molar-refractivity contribution in [2.45, 2.75) is 9.79 Å². The molecule has 2 rings (SSSR count). The molecule has 0 heterocycles. The number of hydrogen-bond acceptors (Lipinski definition) is 5. The highest BCUT2D eigenvalue weighted by molar-refractivity contribution is 7.85. The Kier molecular flexibility index (Phi) is 4.74. The van der Waals surface area contributed by atoms with E-state index in [0.29, 0.717) is 0 Å². The average Bonchev–Trinajstić information content (AvgIpc) is 2.48. The quantitative estimate of drug-likeness (QED) is 0.605. The molecule has 10 heteroatoms. The van der Waals surface area contributed by atoms with Crippen LogP contribution in [0.1, 0.15) is 0 Å². The molecule has 1 unspecified atom stereocenters. The SMILES string of the molecule is O=[N+]([O-])c1ccc(S(=O)c2cc(Cl)ccc2Cl)c([N+](=O)[O-])c1. The van der Waals surface area contributed by atoms with Crippen LogP contribution in [0.4, 0.5) is 11.4 Å². The van der Waals surface area contributed by atoms with Crippen LogP contribution < -0.4 is 0 Å². The first kappa shape index (κ1) is 16.3. The third-order valence-electron chi connectivity index (χ3n) is 2.64. The van der Waals surface area contributed by atoms with Gasteiger partial charge in [0.1, 0.15) is 4.90 Å². The first-order valence-corrected chi connectivity index (χ1v) is 7.51. The smallest absolute Gasteiger partial charge is 0.258 e. The molecule has 0 radical (unpaired) electrons. The summed E-state index contributed by atoms with van der Waals surface area (Å²) < 4.78 is 12.5. The number of rotatable bonds is 4. The summed E-state index contributed by atoms with van der Waals surface area (Å²) in [4.78, 5) is 20.1. The Hall–Kier alpha value is -2.03. The highest BCUT2D eigenvalue weighted by atomic mass is 35.5. The van der Waals surface area contributed by atoms with E-state index in [1.54, 1.807) is 0 Å². The van der Waals surface area contributed by atoms with Gasteiger partial charge < -0.3 is 0 Å². The van der Waals surface area contributed by atoms with Crippen molar-refractivity contribution in [1.29, 1.82) is 0 Å². The number of nitrogens with zero attached hydrogens (tertiary/aromatic N) is 2. The molecule has 0 aliphatic heterocycles. The van der Waals surface area contributed by atoms with E-state index in [-0.39, 0.29) is 19.8 Å². The fraction of sp³-hybridized carbons (Fsp3) is 0. The third kappa shape index (κ3) is 3.24. The highest BCUT2D eigenvalue weighted by Gasteiger charge is 2.25. The van der Waals surface area contributed by atoms with Gasteiger partial charge in [-0.1, -0.05) is 23.2 Å². The van der Waals surface area contributed by atoms with Crippen molar-refractivity contribution in [2.24, 2.45) is 0 Å². The molecule has 0 fully saturated rings. The van der Waals surface area contributed by atoms with Crippen LogP contribution in [0.3, 0.4) is 0 Å². The van der Waals surface area contributed by atoms with Crippen LogP contribution in [0.25, 0.3) is 0 Å². The van der Waals surface area contributed by atoms with Crippen molar-refractivity contribution in [3.05, 3.63) is 66.7 Å². The molecular weight excluding hydrogens is 355 g/mol. The molecule has 0 bridgehead atoms. The Bertz CT molecular complexity index is 812. The van der Waals surface area contributed by atoms with Gasteiger partial charge in [-0.05, 0) is 24.3 Å². The van der Waals surface area contributed by atoms with E-state index in [4.69, 9.17) is 23.2 Å². The largest absolute Gasteiger partial charge is 0.292 e. The standard InChI is InChI=1S/C12H6Cl2N2O5S/c13-7-1-3-9(14)12(5-7)22(21)11-4-2-8(15(17)18)6-10(11)16(19)20/h1-6H. The Morgan fingerprint density at radius 3 is 2.18 bits per heavy atom. The molecule has 0 aromatic heterocycles. The number of hydrogen-bond donors (Lipinski definition) is 0. The lowest BCUT2D eigenvalue weighted by Gasteiger charge is -2.06. The van der Waals surface area contributed by atoms with Crippen LogP contribution in [0.5, 0.6) is 0 Å². The molecule has 1 atom stereocenters. The van der Waals surface area contributed by atoms with E-state index in [0.717, 1.165) is 18.2 Å². The zero-order valence-electron chi connectivity index (χ0n) is 10.6. The molecule has 0 spiro atoms. The maximum Gasteiger partial charge on any atom is 0.292 e. The number of benzene rings is 2. The molecule has 0 N–H and O–H groups in total. The van der Waals surface area contributed by atoms with Gasteiger partial charge in [-0.3, -0.25) is 20.2 Å². The van der Waals surface area contributed by atoms with Gasteiger partial charge in [0, 0.05) is 11.1 Å².